The van der Waals surface area contributed by atoms with E-state index in [1.807, 2.05) is 0 Å². The van der Waals surface area contributed by atoms with E-state index >= 15 is 0 Å². The maximum absolute atomic E-state index is 11.8. The van der Waals surface area contributed by atoms with Crippen LogP contribution in [0.25, 0.3) is 0 Å². The predicted octanol–water partition coefficient (Wildman–Crippen LogP) is -1.17. The van der Waals surface area contributed by atoms with Crippen molar-refractivity contribution in [3.05, 3.63) is 0 Å². The lowest BCUT2D eigenvalue weighted by molar-refractivity contribution is 0.542. The van der Waals surface area contributed by atoms with Crippen LogP contribution >= 0.6 is 11.3 Å². The summed E-state index contributed by atoms with van der Waals surface area (Å²) in [5, 5.41) is 6.92. The summed E-state index contributed by atoms with van der Waals surface area (Å²) >= 11 is 0.764. The van der Waals surface area contributed by atoms with Crippen molar-refractivity contribution in [3.63, 3.8) is 0 Å². The van der Waals surface area contributed by atoms with Gasteiger partial charge in [0.05, 0.1) is 11.5 Å². The number of aromatic nitrogens is 2. The molecule has 1 saturated heterocycles. The highest BCUT2D eigenvalue weighted by molar-refractivity contribution is 7.92. The summed E-state index contributed by atoms with van der Waals surface area (Å²) in [6, 6.07) is 0. The Kier molecular flexibility index (Phi) is 3.58. The fourth-order valence-corrected chi connectivity index (χ4v) is 5.45. The molecule has 1 aromatic heterocycles. The highest BCUT2D eigenvalue weighted by Crippen LogP contribution is 2.20. The molecule has 0 amide bonds. The van der Waals surface area contributed by atoms with Gasteiger partial charge in [-0.25, -0.2) is 21.6 Å². The van der Waals surface area contributed by atoms with Gasteiger partial charge in [0.1, 0.15) is 0 Å². The fraction of sp³-hybridized carbons (Fsp3) is 0.714. The zero-order chi connectivity index (χ0) is 13.4. The number of nitrogens with zero attached hydrogens (tertiary/aromatic N) is 2. The number of rotatable bonds is 4. The standard InChI is InChI=1S/C7H12N4O4S3/c8-6-10-11-7(16-6)18(14,15)9-3-5-1-2-17(12,13)4-5/h5,9H,1-4H2,(H2,8,10). The number of nitrogen functional groups attached to an aromatic ring is 1. The van der Waals surface area contributed by atoms with Crippen molar-refractivity contribution in [1.29, 1.82) is 0 Å². The molecule has 102 valence electrons. The Labute approximate surface area is 109 Å². The summed E-state index contributed by atoms with van der Waals surface area (Å²) in [6.07, 6.45) is 0.475. The fourth-order valence-electron chi connectivity index (χ4n) is 1.65. The molecule has 1 fully saturated rings. The molecule has 11 heteroatoms. The molecule has 18 heavy (non-hydrogen) atoms. The first kappa shape index (κ1) is 13.6. The van der Waals surface area contributed by atoms with Crippen LogP contribution in [-0.2, 0) is 19.9 Å². The Morgan fingerprint density at radius 2 is 2.17 bits per heavy atom. The Morgan fingerprint density at radius 1 is 1.44 bits per heavy atom. The van der Waals surface area contributed by atoms with Gasteiger partial charge in [-0.1, -0.05) is 11.3 Å². The predicted molar refractivity (Wildman–Crippen MR) is 66.3 cm³/mol. The normalized spacial score (nSPS) is 23.2. The maximum Gasteiger partial charge on any atom is 0.269 e. The molecule has 2 heterocycles. The van der Waals surface area contributed by atoms with Gasteiger partial charge in [0.25, 0.3) is 10.0 Å². The average Bonchev–Trinajstić information content (AvgIpc) is 2.82. The number of nitrogens with one attached hydrogen (secondary N) is 1. The van der Waals surface area contributed by atoms with Crippen LogP contribution in [0.15, 0.2) is 4.34 Å². The van der Waals surface area contributed by atoms with Crippen LogP contribution in [0.3, 0.4) is 0 Å². The third-order valence-corrected chi connectivity index (χ3v) is 6.92. The van der Waals surface area contributed by atoms with Crippen molar-refractivity contribution in [2.24, 2.45) is 5.92 Å². The first-order chi connectivity index (χ1) is 8.28. The lowest BCUT2D eigenvalue weighted by Gasteiger charge is -2.07. The first-order valence-electron chi connectivity index (χ1n) is 5.07. The van der Waals surface area contributed by atoms with Gasteiger partial charge in [-0.15, -0.1) is 10.2 Å². The molecule has 0 bridgehead atoms. The minimum Gasteiger partial charge on any atom is -0.374 e. The van der Waals surface area contributed by atoms with E-state index in [2.05, 4.69) is 14.9 Å². The molecule has 0 aliphatic carbocycles. The molecule has 1 aliphatic heterocycles. The SMILES string of the molecule is Nc1nnc(S(=O)(=O)NCC2CCS(=O)(=O)C2)s1. The van der Waals surface area contributed by atoms with Crippen molar-refractivity contribution in [1.82, 2.24) is 14.9 Å². The Bertz CT molecular complexity index is 635. The maximum atomic E-state index is 11.8. The first-order valence-corrected chi connectivity index (χ1v) is 9.20. The van der Waals surface area contributed by atoms with Gasteiger partial charge >= 0.3 is 0 Å². The van der Waals surface area contributed by atoms with Crippen molar-refractivity contribution >= 4 is 36.3 Å². The molecule has 1 aliphatic rings. The van der Waals surface area contributed by atoms with Gasteiger partial charge in [-0.3, -0.25) is 0 Å². The van der Waals surface area contributed by atoms with Crippen LogP contribution in [0.1, 0.15) is 6.42 Å². The third kappa shape index (κ3) is 3.16. The average molecular weight is 312 g/mol. The van der Waals surface area contributed by atoms with Gasteiger partial charge in [-0.2, -0.15) is 0 Å². The van der Waals surface area contributed by atoms with Gasteiger partial charge in [0.15, 0.2) is 9.84 Å². The number of hydrogen-bond acceptors (Lipinski definition) is 8. The minimum absolute atomic E-state index is 0.0216. The zero-order valence-electron chi connectivity index (χ0n) is 9.24. The topological polar surface area (TPSA) is 132 Å². The highest BCUT2D eigenvalue weighted by atomic mass is 32.2. The second kappa shape index (κ2) is 4.72. The largest absolute Gasteiger partial charge is 0.374 e. The van der Waals surface area contributed by atoms with Crippen LogP contribution in [0.2, 0.25) is 0 Å². The molecule has 0 aromatic carbocycles. The van der Waals surface area contributed by atoms with E-state index in [1.54, 1.807) is 0 Å². The molecule has 0 radical (unpaired) electrons. The number of hydrogen-bond donors (Lipinski definition) is 2. The van der Waals surface area contributed by atoms with Crippen molar-refractivity contribution in [2.75, 3.05) is 23.8 Å². The molecule has 1 unspecified atom stereocenters. The van der Waals surface area contributed by atoms with E-state index in [1.165, 1.54) is 0 Å². The second-order valence-corrected chi connectivity index (χ2v) is 9.21. The minimum atomic E-state index is -3.74. The van der Waals surface area contributed by atoms with Crippen molar-refractivity contribution < 1.29 is 16.8 Å². The number of anilines is 1. The quantitative estimate of drug-likeness (QED) is 0.716. The van der Waals surface area contributed by atoms with Gasteiger partial charge in [-0.05, 0) is 12.3 Å². The summed E-state index contributed by atoms with van der Waals surface area (Å²) in [6.45, 7) is 0.0844. The van der Waals surface area contributed by atoms with E-state index in [9.17, 15) is 16.8 Å². The second-order valence-electron chi connectivity index (χ2n) is 4.03. The van der Waals surface area contributed by atoms with Crippen LogP contribution in [0.4, 0.5) is 5.13 Å². The molecule has 1 aromatic rings. The summed E-state index contributed by atoms with van der Waals surface area (Å²) in [4.78, 5) is 0. The number of sulfonamides is 1. The Balaban J connectivity index is 1.98. The molecule has 8 nitrogen and oxygen atoms in total. The molecular formula is C7H12N4O4S3. The summed E-state index contributed by atoms with van der Waals surface area (Å²) in [5.41, 5.74) is 5.30. The van der Waals surface area contributed by atoms with Crippen LogP contribution < -0.4 is 10.5 Å². The van der Waals surface area contributed by atoms with Crippen LogP contribution in [-0.4, -0.2) is 45.1 Å². The Hall–Kier alpha value is -0.780. The van der Waals surface area contributed by atoms with E-state index in [4.69, 9.17) is 5.73 Å². The van der Waals surface area contributed by atoms with Gasteiger partial charge in [0, 0.05) is 6.54 Å². The van der Waals surface area contributed by atoms with Crippen molar-refractivity contribution in [2.45, 2.75) is 10.8 Å². The molecule has 0 spiro atoms. The lowest BCUT2D eigenvalue weighted by atomic mass is 10.1. The molecule has 1 atom stereocenters. The third-order valence-electron chi connectivity index (χ3n) is 2.54. The summed E-state index contributed by atoms with van der Waals surface area (Å²) < 4.78 is 48.1. The van der Waals surface area contributed by atoms with Crippen LogP contribution in [0, 0.1) is 5.92 Å². The molecule has 2 rings (SSSR count). The van der Waals surface area contributed by atoms with E-state index < -0.39 is 19.9 Å². The highest BCUT2D eigenvalue weighted by Gasteiger charge is 2.29. The summed E-state index contributed by atoms with van der Waals surface area (Å²) in [7, 11) is -6.75. The van der Waals surface area contributed by atoms with E-state index in [0.29, 0.717) is 6.42 Å². The lowest BCUT2D eigenvalue weighted by Crippen LogP contribution is -2.29. The van der Waals surface area contributed by atoms with Crippen LogP contribution in [0.5, 0.6) is 0 Å². The monoisotopic (exact) mass is 312 g/mol. The number of nitrogens with two attached hydrogens (primary N) is 1. The van der Waals surface area contributed by atoms with Crippen molar-refractivity contribution in [3.8, 4) is 0 Å². The van der Waals surface area contributed by atoms with E-state index in [-0.39, 0.29) is 33.4 Å². The number of sulfone groups is 1. The van der Waals surface area contributed by atoms with E-state index in [0.717, 1.165) is 11.3 Å². The summed E-state index contributed by atoms with van der Waals surface area (Å²) in [5.74, 6) is -0.0473. The molecular weight excluding hydrogens is 300 g/mol. The van der Waals surface area contributed by atoms with Gasteiger partial charge < -0.3 is 5.73 Å². The molecule has 0 saturated carbocycles. The molecule has 3 N–H and O–H groups in total. The zero-order valence-corrected chi connectivity index (χ0v) is 11.7. The smallest absolute Gasteiger partial charge is 0.269 e. The van der Waals surface area contributed by atoms with Gasteiger partial charge in [0.2, 0.25) is 9.47 Å². The Morgan fingerprint density at radius 3 is 2.67 bits per heavy atom.